The van der Waals surface area contributed by atoms with E-state index in [0.29, 0.717) is 0 Å². The van der Waals surface area contributed by atoms with E-state index < -0.39 is 7.82 Å². The Hall–Kier alpha value is -0.550. The van der Waals surface area contributed by atoms with Crippen LogP contribution in [0.2, 0.25) is 0 Å². The molecule has 0 radical (unpaired) electrons. The number of carbonyl (C=O) groups excluding carboxylic acids is 2. The molecular weight excluding hydrogens is 151 g/mol. The third-order valence-electron chi connectivity index (χ3n) is 0.0556. The van der Waals surface area contributed by atoms with E-state index in [1.807, 2.05) is 0 Å². The SMILES string of the molecule is O=CC=O.O=P(O)(O)O. The molecule has 3 N–H and O–H groups in total. The zero-order valence-corrected chi connectivity index (χ0v) is 5.06. The van der Waals surface area contributed by atoms with Gasteiger partial charge in [0.2, 0.25) is 0 Å². The molecule has 0 unspecified atom stereocenters. The number of aldehydes is 2. The molecule has 0 aliphatic heterocycles. The van der Waals surface area contributed by atoms with Gasteiger partial charge in [0.1, 0.15) is 0 Å². The molecule has 0 aliphatic rings. The van der Waals surface area contributed by atoms with Crippen molar-refractivity contribution in [2.45, 2.75) is 0 Å². The van der Waals surface area contributed by atoms with Gasteiger partial charge >= 0.3 is 7.82 Å². The fourth-order valence-electron chi connectivity index (χ4n) is 0. The van der Waals surface area contributed by atoms with E-state index in [9.17, 15) is 0 Å². The maximum absolute atomic E-state index is 8.88. The lowest BCUT2D eigenvalue weighted by atomic mass is 10.9. The van der Waals surface area contributed by atoms with Crippen LogP contribution < -0.4 is 0 Å². The van der Waals surface area contributed by atoms with Crippen LogP contribution in [-0.4, -0.2) is 27.3 Å². The lowest BCUT2D eigenvalue weighted by Crippen LogP contribution is -1.66. The Balaban J connectivity index is 0. The molecule has 0 saturated heterocycles. The Morgan fingerprint density at radius 1 is 1.00 bits per heavy atom. The van der Waals surface area contributed by atoms with Crippen molar-refractivity contribution in [1.29, 1.82) is 0 Å². The molecule has 0 atom stereocenters. The quantitative estimate of drug-likeness (QED) is 0.241. The van der Waals surface area contributed by atoms with Crippen LogP contribution in [-0.2, 0) is 14.2 Å². The van der Waals surface area contributed by atoms with Gasteiger partial charge in [-0.05, 0) is 0 Å². The van der Waals surface area contributed by atoms with Crippen molar-refractivity contribution in [3.63, 3.8) is 0 Å². The van der Waals surface area contributed by atoms with E-state index in [2.05, 4.69) is 0 Å². The average molecular weight is 156 g/mol. The number of phosphoric acid groups is 1. The van der Waals surface area contributed by atoms with Crippen molar-refractivity contribution in [2.75, 3.05) is 0 Å². The molecule has 0 saturated carbocycles. The number of carbonyl (C=O) groups is 2. The van der Waals surface area contributed by atoms with Gasteiger partial charge < -0.3 is 14.7 Å². The van der Waals surface area contributed by atoms with E-state index in [1.54, 1.807) is 0 Å². The van der Waals surface area contributed by atoms with Crippen LogP contribution >= 0.6 is 7.82 Å². The molecule has 0 rings (SSSR count). The van der Waals surface area contributed by atoms with Crippen molar-refractivity contribution in [1.82, 2.24) is 0 Å². The minimum Gasteiger partial charge on any atom is -0.303 e. The van der Waals surface area contributed by atoms with E-state index in [0.717, 1.165) is 0 Å². The Morgan fingerprint density at radius 3 is 1.11 bits per heavy atom. The van der Waals surface area contributed by atoms with Crippen LogP contribution in [0.3, 0.4) is 0 Å². The summed E-state index contributed by atoms with van der Waals surface area (Å²) in [6, 6.07) is 0. The van der Waals surface area contributed by atoms with E-state index in [1.165, 1.54) is 0 Å². The minimum atomic E-state index is -4.64. The standard InChI is InChI=1S/C2H2O2.H3O4P/c3-1-2-4;1-5(2,3)4/h1-2H;(H3,1,2,3,4). The first-order chi connectivity index (χ1) is 3.91. The molecular formula is C2H5O6P. The van der Waals surface area contributed by atoms with Gasteiger partial charge in [0, 0.05) is 0 Å². The van der Waals surface area contributed by atoms with Gasteiger partial charge in [-0.3, -0.25) is 9.59 Å². The van der Waals surface area contributed by atoms with Crippen molar-refractivity contribution >= 4 is 20.4 Å². The highest BCUT2D eigenvalue weighted by Crippen LogP contribution is 2.25. The first-order valence-corrected chi connectivity index (χ1v) is 3.15. The van der Waals surface area contributed by atoms with Gasteiger partial charge in [0.25, 0.3) is 0 Å². The van der Waals surface area contributed by atoms with E-state index in [-0.39, 0.29) is 12.6 Å². The molecule has 0 amide bonds. The minimum absolute atomic E-state index is 0.194. The van der Waals surface area contributed by atoms with Gasteiger partial charge in [-0.15, -0.1) is 0 Å². The van der Waals surface area contributed by atoms with Crippen LogP contribution in [0.4, 0.5) is 0 Å². The molecule has 0 heterocycles. The summed E-state index contributed by atoms with van der Waals surface area (Å²) in [5, 5.41) is 0. The smallest absolute Gasteiger partial charge is 0.303 e. The van der Waals surface area contributed by atoms with Crippen LogP contribution in [0, 0.1) is 0 Å². The third-order valence-corrected chi connectivity index (χ3v) is 0.0556. The predicted octanol–water partition coefficient (Wildman–Crippen LogP) is -1.54. The number of hydrogen-bond donors (Lipinski definition) is 3. The summed E-state index contributed by atoms with van der Waals surface area (Å²) >= 11 is 0. The Kier molecular flexibility index (Phi) is 6.99. The molecule has 0 fully saturated rings. The van der Waals surface area contributed by atoms with E-state index >= 15 is 0 Å². The second-order valence-corrected chi connectivity index (χ2v) is 1.81. The highest BCUT2D eigenvalue weighted by atomic mass is 31.2. The highest BCUT2D eigenvalue weighted by molar-refractivity contribution is 7.45. The average Bonchev–Trinajstić information content (AvgIpc) is 1.61. The summed E-state index contributed by atoms with van der Waals surface area (Å²) in [6.45, 7) is 0. The normalized spacial score (nSPS) is 8.78. The van der Waals surface area contributed by atoms with Crippen LogP contribution in [0.1, 0.15) is 0 Å². The Labute approximate surface area is 50.4 Å². The van der Waals surface area contributed by atoms with Gasteiger partial charge in [0.15, 0.2) is 12.6 Å². The lowest BCUT2D eigenvalue weighted by Gasteiger charge is -1.82. The number of hydrogen-bond acceptors (Lipinski definition) is 3. The van der Waals surface area contributed by atoms with Gasteiger partial charge in [-0.25, -0.2) is 4.57 Å². The second kappa shape index (κ2) is 5.58. The molecule has 0 aromatic heterocycles. The summed E-state index contributed by atoms with van der Waals surface area (Å²) in [5.41, 5.74) is 0. The molecule has 7 heteroatoms. The second-order valence-electron chi connectivity index (χ2n) is 0.785. The zero-order chi connectivity index (χ0) is 7.91. The van der Waals surface area contributed by atoms with Crippen molar-refractivity contribution in [3.8, 4) is 0 Å². The summed E-state index contributed by atoms with van der Waals surface area (Å²) in [4.78, 5) is 39.2. The van der Waals surface area contributed by atoms with Gasteiger partial charge in [-0.1, -0.05) is 0 Å². The molecule has 54 valence electrons. The monoisotopic (exact) mass is 156 g/mol. The number of rotatable bonds is 1. The first-order valence-electron chi connectivity index (χ1n) is 1.59. The van der Waals surface area contributed by atoms with Crippen molar-refractivity contribution in [3.05, 3.63) is 0 Å². The molecule has 9 heavy (non-hydrogen) atoms. The fourth-order valence-corrected chi connectivity index (χ4v) is 0. The molecule has 0 aromatic carbocycles. The molecule has 0 bridgehead atoms. The van der Waals surface area contributed by atoms with E-state index in [4.69, 9.17) is 28.8 Å². The maximum Gasteiger partial charge on any atom is 0.466 e. The fraction of sp³-hybridized carbons (Fsp3) is 0. The summed E-state index contributed by atoms with van der Waals surface area (Å²) in [5.74, 6) is 0. The Morgan fingerprint density at radius 2 is 1.11 bits per heavy atom. The highest BCUT2D eigenvalue weighted by Gasteiger charge is 2.00. The molecule has 0 aromatic rings. The predicted molar refractivity (Wildman–Crippen MR) is 26.4 cm³/mol. The van der Waals surface area contributed by atoms with Crippen LogP contribution in [0.15, 0.2) is 0 Å². The maximum atomic E-state index is 8.88. The van der Waals surface area contributed by atoms with Gasteiger partial charge in [-0.2, -0.15) is 0 Å². The summed E-state index contributed by atoms with van der Waals surface area (Å²) in [6.07, 6.45) is 0.389. The third kappa shape index (κ3) is 1090. The molecule has 0 spiro atoms. The topological polar surface area (TPSA) is 112 Å². The van der Waals surface area contributed by atoms with Gasteiger partial charge in [0.05, 0.1) is 0 Å². The molecule has 0 aliphatic carbocycles. The van der Waals surface area contributed by atoms with Crippen molar-refractivity contribution in [2.24, 2.45) is 0 Å². The van der Waals surface area contributed by atoms with Crippen molar-refractivity contribution < 1.29 is 28.8 Å². The lowest BCUT2D eigenvalue weighted by molar-refractivity contribution is -0.122. The summed E-state index contributed by atoms with van der Waals surface area (Å²) in [7, 11) is -4.64. The van der Waals surface area contributed by atoms with Crippen LogP contribution in [0.5, 0.6) is 0 Å². The Bertz CT molecular complexity index is 109. The largest absolute Gasteiger partial charge is 0.466 e. The summed E-state index contributed by atoms with van der Waals surface area (Å²) < 4.78 is 8.88. The first kappa shape index (κ1) is 11.3. The molecule has 6 nitrogen and oxygen atoms in total. The zero-order valence-electron chi connectivity index (χ0n) is 4.17. The van der Waals surface area contributed by atoms with Crippen LogP contribution in [0.25, 0.3) is 0 Å².